The number of halogens is 3. The van der Waals surface area contributed by atoms with Crippen LogP contribution in [-0.2, 0) is 9.84 Å². The summed E-state index contributed by atoms with van der Waals surface area (Å²) in [5.74, 6) is -2.80. The van der Waals surface area contributed by atoms with Crippen molar-refractivity contribution in [2.75, 3.05) is 11.1 Å². The molecule has 1 amide bonds. The van der Waals surface area contributed by atoms with Gasteiger partial charge in [0, 0.05) is 16.5 Å². The summed E-state index contributed by atoms with van der Waals surface area (Å²) in [6.07, 6.45) is -4.88. The molecule has 0 aliphatic heterocycles. The van der Waals surface area contributed by atoms with E-state index in [4.69, 9.17) is 0 Å². The van der Waals surface area contributed by atoms with Crippen molar-refractivity contribution in [1.82, 2.24) is 4.98 Å². The van der Waals surface area contributed by atoms with Crippen molar-refractivity contribution in [2.24, 2.45) is 0 Å². The SMILES string of the molecule is Cc1c(O)cccc1C(=O)Nc1nc(S(=O)(=O)CC(F)(F)F)cs1. The van der Waals surface area contributed by atoms with Crippen LogP contribution in [0.1, 0.15) is 15.9 Å². The van der Waals surface area contributed by atoms with Crippen LogP contribution in [0.25, 0.3) is 0 Å². The Hall–Kier alpha value is -2.14. The molecular weight excluding hydrogens is 369 g/mol. The first-order chi connectivity index (χ1) is 11.0. The van der Waals surface area contributed by atoms with Crippen molar-refractivity contribution in [1.29, 1.82) is 0 Å². The number of aromatic nitrogens is 1. The summed E-state index contributed by atoms with van der Waals surface area (Å²) in [6.45, 7) is 1.51. The Morgan fingerprint density at radius 1 is 1.38 bits per heavy atom. The van der Waals surface area contributed by atoms with Gasteiger partial charge in [0.2, 0.25) is 9.84 Å². The molecule has 6 nitrogen and oxygen atoms in total. The van der Waals surface area contributed by atoms with Crippen molar-refractivity contribution < 1.29 is 31.5 Å². The number of carbonyl (C=O) groups excluding carboxylic acids is 1. The number of amides is 1. The van der Waals surface area contributed by atoms with Crippen LogP contribution in [0.4, 0.5) is 18.3 Å². The van der Waals surface area contributed by atoms with Gasteiger partial charge in [0.05, 0.1) is 0 Å². The lowest BCUT2D eigenvalue weighted by atomic mass is 10.1. The molecule has 0 atom stereocenters. The first kappa shape index (κ1) is 18.2. The van der Waals surface area contributed by atoms with Crippen LogP contribution in [0.5, 0.6) is 5.75 Å². The molecule has 0 bridgehead atoms. The molecule has 0 unspecified atom stereocenters. The number of hydrogen-bond acceptors (Lipinski definition) is 6. The Kier molecular flexibility index (Phi) is 4.85. The second kappa shape index (κ2) is 6.40. The van der Waals surface area contributed by atoms with Crippen LogP contribution < -0.4 is 5.32 Å². The molecule has 2 aromatic rings. The molecule has 1 aromatic carbocycles. The average Bonchev–Trinajstić information content (AvgIpc) is 2.88. The van der Waals surface area contributed by atoms with Crippen molar-refractivity contribution in [2.45, 2.75) is 18.1 Å². The molecule has 0 saturated carbocycles. The van der Waals surface area contributed by atoms with Crippen molar-refractivity contribution in [3.05, 3.63) is 34.7 Å². The fourth-order valence-electron chi connectivity index (χ4n) is 1.78. The first-order valence-electron chi connectivity index (χ1n) is 6.34. The van der Waals surface area contributed by atoms with Crippen molar-refractivity contribution in [3.63, 3.8) is 0 Å². The Labute approximate surface area is 138 Å². The zero-order valence-corrected chi connectivity index (χ0v) is 13.7. The Morgan fingerprint density at radius 2 is 2.04 bits per heavy atom. The van der Waals surface area contributed by atoms with Crippen LogP contribution in [0, 0.1) is 6.92 Å². The average molecular weight is 380 g/mol. The van der Waals surface area contributed by atoms with Gasteiger partial charge in [0.1, 0.15) is 5.75 Å². The van der Waals surface area contributed by atoms with Crippen LogP contribution in [0.15, 0.2) is 28.6 Å². The van der Waals surface area contributed by atoms with Gasteiger partial charge in [-0.2, -0.15) is 13.2 Å². The molecule has 2 N–H and O–H groups in total. The number of hydrogen-bond donors (Lipinski definition) is 2. The lowest BCUT2D eigenvalue weighted by molar-refractivity contribution is -0.106. The Balaban J connectivity index is 2.20. The Morgan fingerprint density at radius 3 is 2.67 bits per heavy atom. The summed E-state index contributed by atoms with van der Waals surface area (Å²) in [6, 6.07) is 4.26. The lowest BCUT2D eigenvalue weighted by Gasteiger charge is -2.07. The summed E-state index contributed by atoms with van der Waals surface area (Å²) < 4.78 is 60.0. The highest BCUT2D eigenvalue weighted by Gasteiger charge is 2.37. The predicted octanol–water partition coefficient (Wildman–Crippen LogP) is 2.75. The van der Waals surface area contributed by atoms with E-state index in [1.54, 1.807) is 0 Å². The zero-order valence-electron chi connectivity index (χ0n) is 12.1. The maximum Gasteiger partial charge on any atom is 0.403 e. The van der Waals surface area contributed by atoms with E-state index in [0.717, 1.165) is 5.38 Å². The first-order valence-corrected chi connectivity index (χ1v) is 8.88. The van der Waals surface area contributed by atoms with E-state index in [-0.39, 0.29) is 16.4 Å². The van der Waals surface area contributed by atoms with E-state index in [1.165, 1.54) is 25.1 Å². The molecule has 1 heterocycles. The van der Waals surface area contributed by atoms with Crippen LogP contribution in [-0.4, -0.2) is 36.3 Å². The predicted molar refractivity (Wildman–Crippen MR) is 81.0 cm³/mol. The van der Waals surface area contributed by atoms with E-state index in [2.05, 4.69) is 10.3 Å². The number of carbonyl (C=O) groups is 1. The maximum atomic E-state index is 12.3. The molecule has 0 spiro atoms. The van der Waals surface area contributed by atoms with Crippen molar-refractivity contribution >= 4 is 32.2 Å². The minimum absolute atomic E-state index is 0.102. The minimum Gasteiger partial charge on any atom is -0.508 e. The highest BCUT2D eigenvalue weighted by atomic mass is 32.2. The molecule has 0 fully saturated rings. The number of anilines is 1. The van der Waals surface area contributed by atoms with Gasteiger partial charge in [0.25, 0.3) is 5.91 Å². The number of alkyl halides is 3. The van der Waals surface area contributed by atoms with E-state index in [9.17, 15) is 31.5 Å². The maximum absolute atomic E-state index is 12.3. The lowest BCUT2D eigenvalue weighted by Crippen LogP contribution is -2.23. The highest BCUT2D eigenvalue weighted by molar-refractivity contribution is 7.91. The summed E-state index contributed by atoms with van der Waals surface area (Å²) in [5, 5.41) is 11.9. The second-order valence-corrected chi connectivity index (χ2v) is 7.56. The van der Waals surface area contributed by atoms with Crippen molar-refractivity contribution in [3.8, 4) is 5.75 Å². The number of nitrogens with one attached hydrogen (secondary N) is 1. The van der Waals surface area contributed by atoms with E-state index < -0.39 is 32.7 Å². The van der Waals surface area contributed by atoms with Gasteiger partial charge in [0.15, 0.2) is 15.9 Å². The summed E-state index contributed by atoms with van der Waals surface area (Å²) in [4.78, 5) is 15.6. The molecule has 1 aromatic heterocycles. The number of nitrogens with zero attached hydrogens (tertiary/aromatic N) is 1. The number of rotatable bonds is 4. The van der Waals surface area contributed by atoms with Crippen LogP contribution >= 0.6 is 11.3 Å². The number of aromatic hydroxyl groups is 1. The summed E-state index contributed by atoms with van der Waals surface area (Å²) in [7, 11) is -4.63. The molecule has 0 aliphatic carbocycles. The largest absolute Gasteiger partial charge is 0.508 e. The van der Waals surface area contributed by atoms with Gasteiger partial charge < -0.3 is 5.11 Å². The summed E-state index contributed by atoms with van der Waals surface area (Å²) >= 11 is 0.683. The third kappa shape index (κ3) is 4.23. The molecule has 2 rings (SSSR count). The molecule has 24 heavy (non-hydrogen) atoms. The molecule has 0 saturated heterocycles. The quantitative estimate of drug-likeness (QED) is 0.850. The number of thiazole rings is 1. The Bertz CT molecular complexity index is 876. The van der Waals surface area contributed by atoms with Gasteiger partial charge >= 0.3 is 6.18 Å². The highest BCUT2D eigenvalue weighted by Crippen LogP contribution is 2.26. The molecule has 11 heteroatoms. The van der Waals surface area contributed by atoms with Gasteiger partial charge in [-0.1, -0.05) is 6.07 Å². The van der Waals surface area contributed by atoms with Crippen LogP contribution in [0.2, 0.25) is 0 Å². The second-order valence-electron chi connectivity index (χ2n) is 4.77. The topological polar surface area (TPSA) is 96.4 Å². The smallest absolute Gasteiger partial charge is 0.403 e. The number of phenolic OH excluding ortho intramolecular Hbond substituents is 1. The molecular formula is C13H11F3N2O4S2. The van der Waals surface area contributed by atoms with Gasteiger partial charge in [-0.3, -0.25) is 10.1 Å². The molecule has 130 valence electrons. The number of benzene rings is 1. The fourth-order valence-corrected chi connectivity index (χ4v) is 3.95. The third-order valence-electron chi connectivity index (χ3n) is 2.93. The third-order valence-corrected chi connectivity index (χ3v) is 5.39. The normalized spacial score (nSPS) is 12.2. The van der Waals surface area contributed by atoms with E-state index in [0.29, 0.717) is 16.9 Å². The van der Waals surface area contributed by atoms with E-state index >= 15 is 0 Å². The number of phenols is 1. The van der Waals surface area contributed by atoms with Gasteiger partial charge in [-0.15, -0.1) is 11.3 Å². The van der Waals surface area contributed by atoms with Gasteiger partial charge in [-0.25, -0.2) is 13.4 Å². The standard InChI is InChI=1S/C13H11F3N2O4S2/c1-7-8(3-2-4-9(7)19)11(20)18-12-17-10(5-23-12)24(21,22)6-13(14,15)16/h2-5,19H,6H2,1H3,(H,17,18,20). The fraction of sp³-hybridized carbons (Fsp3) is 0.231. The van der Waals surface area contributed by atoms with E-state index in [1.807, 2.05) is 0 Å². The zero-order chi connectivity index (χ0) is 18.1. The molecule has 0 aliphatic rings. The van der Waals surface area contributed by atoms with Gasteiger partial charge in [-0.05, 0) is 19.1 Å². The summed E-state index contributed by atoms with van der Waals surface area (Å²) in [5.41, 5.74) is 0.432. The monoisotopic (exact) mass is 380 g/mol. The van der Waals surface area contributed by atoms with Crippen LogP contribution in [0.3, 0.4) is 0 Å². The number of sulfone groups is 1. The minimum atomic E-state index is -4.88. The molecule has 0 radical (unpaired) electrons.